The van der Waals surface area contributed by atoms with Gasteiger partial charge in [-0.2, -0.15) is 5.10 Å². The lowest BCUT2D eigenvalue weighted by Crippen LogP contribution is -2.44. The van der Waals surface area contributed by atoms with Crippen molar-refractivity contribution in [1.82, 2.24) is 14.7 Å². The molecule has 1 saturated heterocycles. The highest BCUT2D eigenvalue weighted by Gasteiger charge is 2.33. The maximum absolute atomic E-state index is 6.20. The number of piperidine rings is 1. The summed E-state index contributed by atoms with van der Waals surface area (Å²) in [4.78, 5) is 2.63. The highest BCUT2D eigenvalue weighted by Crippen LogP contribution is 2.34. The van der Waals surface area contributed by atoms with Crippen molar-refractivity contribution in [2.45, 2.75) is 70.9 Å². The molecule has 0 bridgehead atoms. The first kappa shape index (κ1) is 16.5. The topological polar surface area (TPSA) is 47.1 Å². The molecule has 1 aliphatic rings. The number of rotatable bonds is 4. The third-order valence-corrected chi connectivity index (χ3v) is 4.69. The van der Waals surface area contributed by atoms with Crippen molar-refractivity contribution in [2.75, 3.05) is 13.1 Å². The van der Waals surface area contributed by atoms with Crippen LogP contribution in [0.4, 0.5) is 0 Å². The van der Waals surface area contributed by atoms with Crippen LogP contribution in [-0.2, 0) is 12.5 Å². The van der Waals surface area contributed by atoms with E-state index in [0.29, 0.717) is 18.6 Å². The van der Waals surface area contributed by atoms with Gasteiger partial charge in [0.1, 0.15) is 0 Å². The first-order chi connectivity index (χ1) is 9.88. The zero-order valence-electron chi connectivity index (χ0n) is 14.4. The average molecular weight is 292 g/mol. The molecule has 4 nitrogen and oxygen atoms in total. The van der Waals surface area contributed by atoms with Crippen molar-refractivity contribution >= 4 is 0 Å². The van der Waals surface area contributed by atoms with Gasteiger partial charge in [-0.15, -0.1) is 0 Å². The van der Waals surface area contributed by atoms with Gasteiger partial charge in [-0.3, -0.25) is 9.58 Å². The first-order valence-corrected chi connectivity index (χ1v) is 8.38. The summed E-state index contributed by atoms with van der Waals surface area (Å²) in [5.74, 6) is 0. The molecule has 2 atom stereocenters. The number of hydrogen-bond acceptors (Lipinski definition) is 3. The maximum atomic E-state index is 6.20. The van der Waals surface area contributed by atoms with E-state index < -0.39 is 0 Å². The molecule has 0 radical (unpaired) electrons. The predicted molar refractivity (Wildman–Crippen MR) is 88.3 cm³/mol. The molecule has 0 aliphatic carbocycles. The second-order valence-electron chi connectivity index (χ2n) is 7.40. The molecule has 2 N–H and O–H groups in total. The van der Waals surface area contributed by atoms with Crippen LogP contribution in [0.5, 0.6) is 0 Å². The monoisotopic (exact) mass is 292 g/mol. The summed E-state index contributed by atoms with van der Waals surface area (Å²) in [5, 5.41) is 4.73. The number of aromatic nitrogens is 2. The van der Waals surface area contributed by atoms with Crippen LogP contribution >= 0.6 is 0 Å². The smallest absolute Gasteiger partial charge is 0.0726 e. The minimum Gasteiger partial charge on any atom is -0.329 e. The largest absolute Gasteiger partial charge is 0.329 e. The molecule has 2 unspecified atom stereocenters. The van der Waals surface area contributed by atoms with Gasteiger partial charge in [0.05, 0.1) is 11.7 Å². The van der Waals surface area contributed by atoms with Crippen molar-refractivity contribution in [1.29, 1.82) is 0 Å². The van der Waals surface area contributed by atoms with Gasteiger partial charge in [0.25, 0.3) is 0 Å². The van der Waals surface area contributed by atoms with Crippen molar-refractivity contribution in [2.24, 2.45) is 12.8 Å². The molecule has 0 spiro atoms. The minimum absolute atomic E-state index is 0.0571. The quantitative estimate of drug-likeness (QED) is 0.928. The lowest BCUT2D eigenvalue weighted by molar-refractivity contribution is 0.0940. The number of hydrogen-bond donors (Lipinski definition) is 1. The zero-order valence-corrected chi connectivity index (χ0v) is 14.4. The van der Waals surface area contributed by atoms with Crippen LogP contribution in [0.1, 0.15) is 70.7 Å². The second-order valence-corrected chi connectivity index (χ2v) is 7.40. The van der Waals surface area contributed by atoms with Crippen LogP contribution in [0, 0.1) is 0 Å². The lowest BCUT2D eigenvalue weighted by Gasteiger charge is -2.41. The van der Waals surface area contributed by atoms with Crippen LogP contribution < -0.4 is 5.73 Å². The Morgan fingerprint density at radius 1 is 1.38 bits per heavy atom. The van der Waals surface area contributed by atoms with Crippen LogP contribution in [0.15, 0.2) is 6.20 Å². The molecule has 2 heterocycles. The van der Waals surface area contributed by atoms with Crippen LogP contribution in [0.2, 0.25) is 0 Å². The van der Waals surface area contributed by atoms with Gasteiger partial charge in [-0.05, 0) is 25.8 Å². The third kappa shape index (κ3) is 3.49. The third-order valence-electron chi connectivity index (χ3n) is 4.69. The van der Waals surface area contributed by atoms with Gasteiger partial charge in [-0.25, -0.2) is 0 Å². The maximum Gasteiger partial charge on any atom is 0.0726 e. The van der Waals surface area contributed by atoms with Crippen LogP contribution in [0.3, 0.4) is 0 Å². The van der Waals surface area contributed by atoms with E-state index >= 15 is 0 Å². The molecule has 4 heteroatoms. The first-order valence-electron chi connectivity index (χ1n) is 8.38. The van der Waals surface area contributed by atoms with E-state index in [4.69, 9.17) is 10.8 Å². The minimum atomic E-state index is 0.0571. The summed E-state index contributed by atoms with van der Waals surface area (Å²) in [5.41, 5.74) is 8.77. The number of aryl methyl sites for hydroxylation is 1. The Hall–Kier alpha value is -0.870. The molecule has 1 aromatic rings. The van der Waals surface area contributed by atoms with Gasteiger partial charge in [0.15, 0.2) is 0 Å². The van der Waals surface area contributed by atoms with E-state index in [-0.39, 0.29) is 5.41 Å². The van der Waals surface area contributed by atoms with E-state index in [1.807, 2.05) is 11.7 Å². The Balaban J connectivity index is 2.37. The lowest BCUT2D eigenvalue weighted by atomic mass is 9.86. The molecule has 1 aromatic heterocycles. The predicted octanol–water partition coefficient (Wildman–Crippen LogP) is 2.98. The molecular weight excluding hydrogens is 260 g/mol. The molecule has 1 fully saturated rings. The average Bonchev–Trinajstić information content (AvgIpc) is 2.82. The van der Waals surface area contributed by atoms with Gasteiger partial charge in [-0.1, -0.05) is 34.1 Å². The van der Waals surface area contributed by atoms with E-state index in [9.17, 15) is 0 Å². The SMILES string of the molecule is CCC1CCCCN1C(CN)c1cn(C)nc1C(C)(C)C. The van der Waals surface area contributed by atoms with Crippen molar-refractivity contribution in [3.8, 4) is 0 Å². The zero-order chi connectivity index (χ0) is 15.6. The van der Waals surface area contributed by atoms with Gasteiger partial charge < -0.3 is 5.73 Å². The summed E-state index contributed by atoms with van der Waals surface area (Å²) >= 11 is 0. The second kappa shape index (κ2) is 6.49. The van der Waals surface area contributed by atoms with Crippen molar-refractivity contribution in [3.05, 3.63) is 17.5 Å². The summed E-state index contributed by atoms with van der Waals surface area (Å²) in [6, 6.07) is 0.971. The van der Waals surface area contributed by atoms with Crippen LogP contribution in [0.25, 0.3) is 0 Å². The normalized spacial score (nSPS) is 22.5. The number of likely N-dealkylation sites (tertiary alicyclic amines) is 1. The van der Waals surface area contributed by atoms with E-state index in [0.717, 1.165) is 0 Å². The van der Waals surface area contributed by atoms with Gasteiger partial charge >= 0.3 is 0 Å². The molecule has 0 saturated carbocycles. The van der Waals surface area contributed by atoms with E-state index in [2.05, 4.69) is 38.8 Å². The van der Waals surface area contributed by atoms with E-state index in [1.54, 1.807) is 0 Å². The Labute approximate surface area is 129 Å². The van der Waals surface area contributed by atoms with E-state index in [1.165, 1.54) is 43.5 Å². The molecule has 2 rings (SSSR count). The fourth-order valence-electron chi connectivity index (χ4n) is 3.65. The Bertz CT molecular complexity index is 458. The summed E-state index contributed by atoms with van der Waals surface area (Å²) in [6.45, 7) is 10.8. The summed E-state index contributed by atoms with van der Waals surface area (Å²) in [7, 11) is 2.01. The summed E-state index contributed by atoms with van der Waals surface area (Å²) in [6.07, 6.45) is 7.34. The van der Waals surface area contributed by atoms with Crippen molar-refractivity contribution in [3.63, 3.8) is 0 Å². The molecule has 120 valence electrons. The number of nitrogens with two attached hydrogens (primary N) is 1. The fraction of sp³-hybridized carbons (Fsp3) is 0.824. The summed E-state index contributed by atoms with van der Waals surface area (Å²) < 4.78 is 1.95. The molecular formula is C17H32N4. The number of nitrogens with zero attached hydrogens (tertiary/aromatic N) is 3. The highest BCUT2D eigenvalue weighted by atomic mass is 15.3. The molecule has 0 aromatic carbocycles. The van der Waals surface area contributed by atoms with Gasteiger partial charge in [0, 0.05) is 36.8 Å². The Morgan fingerprint density at radius 3 is 2.67 bits per heavy atom. The fourth-order valence-corrected chi connectivity index (χ4v) is 3.65. The van der Waals surface area contributed by atoms with Crippen LogP contribution in [-0.4, -0.2) is 33.8 Å². The highest BCUT2D eigenvalue weighted by molar-refractivity contribution is 5.28. The van der Waals surface area contributed by atoms with Crippen molar-refractivity contribution < 1.29 is 0 Å². The Kier molecular flexibility index (Phi) is 5.10. The standard InChI is InChI=1S/C17H32N4/c1-6-13-9-7-8-10-21(13)15(11-18)14-12-20(5)19-16(14)17(2,3)4/h12-13,15H,6-11,18H2,1-5H3. The van der Waals surface area contributed by atoms with Gasteiger partial charge in [0.2, 0.25) is 0 Å². The molecule has 21 heavy (non-hydrogen) atoms. The molecule has 1 aliphatic heterocycles. The molecule has 0 amide bonds. The Morgan fingerprint density at radius 2 is 2.10 bits per heavy atom.